The Bertz CT molecular complexity index is 2680. The summed E-state index contributed by atoms with van der Waals surface area (Å²) in [5, 5.41) is 39.7. The monoisotopic (exact) mass is 836 g/mol. The number of nitrogens with one attached hydrogen (secondary N) is 2. The summed E-state index contributed by atoms with van der Waals surface area (Å²) in [5.41, 5.74) is 6.43. The van der Waals surface area contributed by atoms with Crippen molar-refractivity contribution in [3.63, 3.8) is 0 Å². The number of fused-ring (bicyclic) bond motifs is 2. The number of hydrogen-bond acceptors (Lipinski definition) is 8. The second-order valence-electron chi connectivity index (χ2n) is 17.5. The molecule has 6 aromatic rings. The number of benzene rings is 6. The molecule has 0 fully saturated rings. The van der Waals surface area contributed by atoms with Crippen molar-refractivity contribution < 1.29 is 29.3 Å². The van der Waals surface area contributed by atoms with Gasteiger partial charge in [-0.25, -0.2) is 0 Å². The number of anilines is 1. The molecule has 2 amide bonds. The zero-order valence-corrected chi connectivity index (χ0v) is 37.7. The van der Waals surface area contributed by atoms with E-state index in [4.69, 9.17) is 9.47 Å². The summed E-state index contributed by atoms with van der Waals surface area (Å²) in [6, 6.07) is 26.4. The standard InChI is InChI=1S/C52H60N4O6/c1-11-51(7,8)36-19-21-44(41(29-36)52(9,10)12-2)61-24-16-15-23-53-50(60)40-30-45(38-17-13-14-18-39(38)48(40)58)62-43-22-20-37(28-32(43)4)55-56-47-33(5)27-35-25-31(3)26-42(54-34(6)57)46(35)49(47)59/h13-14,17-22,25-30,58-59H,11-12,15-16,23-24H2,1-10H3,(H,53,60)(H,54,57). The van der Waals surface area contributed by atoms with Gasteiger partial charge in [0.15, 0.2) is 5.75 Å². The maximum atomic E-state index is 13.6. The lowest BCUT2D eigenvalue weighted by Crippen LogP contribution is -2.25. The van der Waals surface area contributed by atoms with Gasteiger partial charge in [-0.1, -0.05) is 84.0 Å². The van der Waals surface area contributed by atoms with E-state index in [0.29, 0.717) is 64.3 Å². The van der Waals surface area contributed by atoms with Crippen LogP contribution in [0, 0.1) is 20.8 Å². The molecule has 10 nitrogen and oxygen atoms in total. The third kappa shape index (κ3) is 9.86. The number of nitrogens with zero attached hydrogens (tertiary/aromatic N) is 2. The smallest absolute Gasteiger partial charge is 0.255 e. The molecule has 0 bridgehead atoms. The third-order valence-electron chi connectivity index (χ3n) is 12.1. The zero-order valence-electron chi connectivity index (χ0n) is 37.7. The van der Waals surface area contributed by atoms with Crippen LogP contribution in [0.1, 0.15) is 112 Å². The van der Waals surface area contributed by atoms with Crippen LogP contribution in [0.2, 0.25) is 0 Å². The molecule has 0 saturated heterocycles. The fourth-order valence-electron chi connectivity index (χ4n) is 7.54. The highest BCUT2D eigenvalue weighted by atomic mass is 16.5. The second kappa shape index (κ2) is 18.7. The summed E-state index contributed by atoms with van der Waals surface area (Å²) in [6.45, 7) is 21.5. The van der Waals surface area contributed by atoms with Crippen molar-refractivity contribution in [3.8, 4) is 28.7 Å². The van der Waals surface area contributed by atoms with Gasteiger partial charge < -0.3 is 30.3 Å². The van der Waals surface area contributed by atoms with Gasteiger partial charge in [0, 0.05) is 35.2 Å². The average molecular weight is 837 g/mol. The number of aromatic hydroxyl groups is 2. The largest absolute Gasteiger partial charge is 0.506 e. The lowest BCUT2D eigenvalue weighted by molar-refractivity contribution is -0.114. The van der Waals surface area contributed by atoms with Gasteiger partial charge in [0.05, 0.1) is 23.5 Å². The van der Waals surface area contributed by atoms with Crippen molar-refractivity contribution in [3.05, 3.63) is 118 Å². The molecule has 0 spiro atoms. The predicted molar refractivity (Wildman–Crippen MR) is 251 cm³/mol. The molecule has 0 heterocycles. The van der Waals surface area contributed by atoms with E-state index in [9.17, 15) is 19.8 Å². The molecule has 0 aliphatic rings. The number of hydrogen-bond donors (Lipinski definition) is 4. The summed E-state index contributed by atoms with van der Waals surface area (Å²) < 4.78 is 12.8. The first-order valence-electron chi connectivity index (χ1n) is 21.5. The van der Waals surface area contributed by atoms with Crippen LogP contribution in [0.4, 0.5) is 17.1 Å². The topological polar surface area (TPSA) is 142 Å². The zero-order chi connectivity index (χ0) is 44.9. The normalized spacial score (nSPS) is 12.0. The minimum atomic E-state index is -0.404. The maximum absolute atomic E-state index is 13.6. The van der Waals surface area contributed by atoms with E-state index >= 15 is 0 Å². The van der Waals surface area contributed by atoms with Crippen LogP contribution in [-0.2, 0) is 15.6 Å². The molecular weight excluding hydrogens is 777 g/mol. The number of azo groups is 1. The van der Waals surface area contributed by atoms with Gasteiger partial charge in [0.2, 0.25) is 5.91 Å². The Morgan fingerprint density at radius 1 is 0.726 bits per heavy atom. The van der Waals surface area contributed by atoms with Crippen LogP contribution in [0.15, 0.2) is 95.2 Å². The molecule has 0 saturated carbocycles. The maximum Gasteiger partial charge on any atom is 0.255 e. The van der Waals surface area contributed by atoms with E-state index in [0.717, 1.165) is 47.1 Å². The summed E-state index contributed by atoms with van der Waals surface area (Å²) in [7, 11) is 0. The number of ether oxygens (including phenoxy) is 2. The van der Waals surface area contributed by atoms with Crippen LogP contribution in [0.5, 0.6) is 28.7 Å². The molecule has 324 valence electrons. The molecule has 0 unspecified atom stereocenters. The van der Waals surface area contributed by atoms with Gasteiger partial charge >= 0.3 is 0 Å². The Hall–Kier alpha value is -6.42. The minimum absolute atomic E-state index is 0.0338. The van der Waals surface area contributed by atoms with Crippen LogP contribution >= 0.6 is 0 Å². The van der Waals surface area contributed by atoms with Gasteiger partial charge in [0.1, 0.15) is 28.7 Å². The van der Waals surface area contributed by atoms with E-state index in [1.54, 1.807) is 30.3 Å². The van der Waals surface area contributed by atoms with Crippen LogP contribution in [0.25, 0.3) is 21.5 Å². The van der Waals surface area contributed by atoms with Gasteiger partial charge in [-0.3, -0.25) is 9.59 Å². The molecular formula is C52H60N4O6. The molecule has 62 heavy (non-hydrogen) atoms. The van der Waals surface area contributed by atoms with Crippen molar-refractivity contribution in [1.29, 1.82) is 0 Å². The molecule has 6 aromatic carbocycles. The SMILES string of the molecule is CCC(C)(C)c1ccc(OCCCCNC(=O)c2cc(Oc3ccc(N=Nc4c(C)cc5cc(C)cc(NC(C)=O)c5c4O)cc3C)c3ccccc3c2O)c(C(C)(C)CC)c1. The lowest BCUT2D eigenvalue weighted by atomic mass is 9.76. The molecule has 0 aliphatic heterocycles. The first-order valence-corrected chi connectivity index (χ1v) is 21.5. The Labute approximate surface area is 365 Å². The number of rotatable bonds is 16. The van der Waals surface area contributed by atoms with Gasteiger partial charge in [-0.15, -0.1) is 5.11 Å². The lowest BCUT2D eigenvalue weighted by Gasteiger charge is -2.30. The summed E-state index contributed by atoms with van der Waals surface area (Å²) in [5.74, 6) is 1.01. The Morgan fingerprint density at radius 3 is 2.13 bits per heavy atom. The van der Waals surface area contributed by atoms with Gasteiger partial charge in [0.25, 0.3) is 5.91 Å². The first-order chi connectivity index (χ1) is 29.4. The molecule has 0 aliphatic carbocycles. The van der Waals surface area contributed by atoms with Crippen molar-refractivity contribution in [2.75, 3.05) is 18.5 Å². The Morgan fingerprint density at radius 2 is 1.44 bits per heavy atom. The first kappa shape index (κ1) is 45.1. The summed E-state index contributed by atoms with van der Waals surface area (Å²) >= 11 is 0. The molecule has 0 radical (unpaired) electrons. The highest BCUT2D eigenvalue weighted by Gasteiger charge is 2.27. The fourth-order valence-corrected chi connectivity index (χ4v) is 7.54. The van der Waals surface area contributed by atoms with Gasteiger partial charge in [-0.05, 0) is 127 Å². The van der Waals surface area contributed by atoms with Crippen LogP contribution in [-0.4, -0.2) is 35.2 Å². The van der Waals surface area contributed by atoms with E-state index in [1.165, 1.54) is 18.1 Å². The Kier molecular flexibility index (Phi) is 13.6. The van der Waals surface area contributed by atoms with Crippen LogP contribution < -0.4 is 20.1 Å². The molecule has 6 rings (SSSR count). The van der Waals surface area contributed by atoms with E-state index in [2.05, 4.69) is 80.6 Å². The average Bonchev–Trinajstić information content (AvgIpc) is 3.23. The van der Waals surface area contributed by atoms with Crippen LogP contribution in [0.3, 0.4) is 0 Å². The van der Waals surface area contributed by atoms with E-state index < -0.39 is 5.91 Å². The van der Waals surface area contributed by atoms with Gasteiger partial charge in [-0.2, -0.15) is 5.11 Å². The number of carbonyl (C=O) groups is 2. The number of aryl methyl sites for hydroxylation is 3. The van der Waals surface area contributed by atoms with Crippen molar-refractivity contribution in [2.24, 2.45) is 10.2 Å². The molecule has 10 heteroatoms. The molecule has 4 N–H and O–H groups in total. The number of phenolic OH excluding ortho intramolecular Hbond substituents is 2. The fraction of sp³-hybridized carbons (Fsp3) is 0.346. The molecule has 0 atom stereocenters. The summed E-state index contributed by atoms with van der Waals surface area (Å²) in [6.07, 6.45) is 3.47. The minimum Gasteiger partial charge on any atom is -0.506 e. The van der Waals surface area contributed by atoms with Crippen molar-refractivity contribution in [1.82, 2.24) is 5.32 Å². The number of amides is 2. The molecule has 0 aromatic heterocycles. The van der Waals surface area contributed by atoms with Crippen molar-refractivity contribution >= 4 is 50.4 Å². The highest BCUT2D eigenvalue weighted by Crippen LogP contribution is 2.44. The van der Waals surface area contributed by atoms with E-state index in [-0.39, 0.29) is 33.8 Å². The predicted octanol–water partition coefficient (Wildman–Crippen LogP) is 13.5. The highest BCUT2D eigenvalue weighted by molar-refractivity contribution is 6.08. The van der Waals surface area contributed by atoms with E-state index in [1.807, 2.05) is 57.2 Å². The number of carbonyl (C=O) groups excluding carboxylic acids is 2. The Balaban J connectivity index is 1.14. The number of unbranched alkanes of at least 4 members (excludes halogenated alkanes) is 1. The summed E-state index contributed by atoms with van der Waals surface area (Å²) in [4.78, 5) is 25.5. The number of phenols is 2. The second-order valence-corrected chi connectivity index (χ2v) is 17.5. The quantitative estimate of drug-likeness (QED) is 0.0565. The third-order valence-corrected chi connectivity index (χ3v) is 12.1. The van der Waals surface area contributed by atoms with Crippen molar-refractivity contribution in [2.45, 2.75) is 106 Å².